The molecule has 1 aliphatic rings. The highest BCUT2D eigenvalue weighted by Gasteiger charge is 2.36. The third kappa shape index (κ3) is 2.61. The molecule has 0 aromatic heterocycles. The number of nitrogens with zero attached hydrogens (tertiary/aromatic N) is 1. The van der Waals surface area contributed by atoms with Crippen LogP contribution in [0.4, 0.5) is 4.79 Å². The van der Waals surface area contributed by atoms with Crippen molar-refractivity contribution >= 4 is 12.0 Å². The molecule has 0 spiro atoms. The van der Waals surface area contributed by atoms with Gasteiger partial charge in [0.25, 0.3) is 0 Å². The summed E-state index contributed by atoms with van der Waals surface area (Å²) in [4.78, 5) is 24.2. The van der Waals surface area contributed by atoms with Crippen molar-refractivity contribution < 1.29 is 14.7 Å². The van der Waals surface area contributed by atoms with Crippen molar-refractivity contribution in [3.63, 3.8) is 0 Å². The second-order valence-corrected chi connectivity index (χ2v) is 4.26. The average Bonchev–Trinajstić information content (AvgIpc) is 2.99. The van der Waals surface area contributed by atoms with E-state index in [0.29, 0.717) is 12.5 Å². The number of carbonyl (C=O) groups excluding carboxylic acids is 1. The lowest BCUT2D eigenvalue weighted by molar-refractivity contribution is -0.143. The summed E-state index contributed by atoms with van der Waals surface area (Å²) in [6.45, 7) is 3.26. The number of carboxylic acid groups (broad SMARTS) is 1. The topological polar surface area (TPSA) is 69.6 Å². The molecular weight excluding hydrogens is 196 g/mol. The predicted octanol–water partition coefficient (Wildman–Crippen LogP) is 1.04. The first-order chi connectivity index (χ1) is 6.90. The molecule has 86 valence electrons. The van der Waals surface area contributed by atoms with Crippen molar-refractivity contribution in [3.05, 3.63) is 0 Å². The highest BCUT2D eigenvalue weighted by molar-refractivity contribution is 5.85. The number of urea groups is 1. The Hall–Kier alpha value is -1.26. The van der Waals surface area contributed by atoms with E-state index in [0.717, 1.165) is 12.8 Å². The SMILES string of the molecule is CCC(C)(NC(=O)N(C)C1CC1)C(=O)O. The van der Waals surface area contributed by atoms with Crippen molar-refractivity contribution in [3.8, 4) is 0 Å². The normalized spacial score (nSPS) is 19.1. The van der Waals surface area contributed by atoms with Crippen LogP contribution in [0.1, 0.15) is 33.1 Å². The van der Waals surface area contributed by atoms with Gasteiger partial charge in [-0.1, -0.05) is 6.92 Å². The Balaban J connectivity index is 2.58. The van der Waals surface area contributed by atoms with Gasteiger partial charge in [0, 0.05) is 13.1 Å². The zero-order chi connectivity index (χ0) is 11.6. The van der Waals surface area contributed by atoms with Crippen LogP contribution in [-0.2, 0) is 4.79 Å². The van der Waals surface area contributed by atoms with Gasteiger partial charge in [0.15, 0.2) is 0 Å². The van der Waals surface area contributed by atoms with Gasteiger partial charge in [0.05, 0.1) is 0 Å². The lowest BCUT2D eigenvalue weighted by atomic mass is 10.00. The number of carboxylic acids is 1. The van der Waals surface area contributed by atoms with Gasteiger partial charge in [-0.3, -0.25) is 0 Å². The fraction of sp³-hybridized carbons (Fsp3) is 0.800. The summed E-state index contributed by atoms with van der Waals surface area (Å²) in [5.41, 5.74) is -1.17. The van der Waals surface area contributed by atoms with E-state index in [9.17, 15) is 9.59 Å². The minimum atomic E-state index is -1.17. The Morgan fingerprint density at radius 1 is 1.53 bits per heavy atom. The van der Waals surface area contributed by atoms with E-state index in [1.807, 2.05) is 0 Å². The molecule has 0 aliphatic heterocycles. The molecule has 1 saturated carbocycles. The first kappa shape index (κ1) is 11.8. The largest absolute Gasteiger partial charge is 0.480 e. The maximum atomic E-state index is 11.7. The number of rotatable bonds is 4. The third-order valence-electron chi connectivity index (χ3n) is 2.98. The maximum absolute atomic E-state index is 11.7. The Labute approximate surface area is 89.4 Å². The molecule has 1 atom stereocenters. The first-order valence-corrected chi connectivity index (χ1v) is 5.19. The van der Waals surface area contributed by atoms with Gasteiger partial charge >= 0.3 is 12.0 Å². The standard InChI is InChI=1S/C10H18N2O3/c1-4-10(2,8(13)14)11-9(15)12(3)7-5-6-7/h7H,4-6H2,1-3H3,(H,11,15)(H,13,14). The molecule has 5 heteroatoms. The van der Waals surface area contributed by atoms with Crippen LogP contribution >= 0.6 is 0 Å². The Morgan fingerprint density at radius 2 is 2.07 bits per heavy atom. The second-order valence-electron chi connectivity index (χ2n) is 4.26. The van der Waals surface area contributed by atoms with Gasteiger partial charge in [-0.05, 0) is 26.2 Å². The van der Waals surface area contributed by atoms with Gasteiger partial charge in [0.2, 0.25) is 0 Å². The summed E-state index contributed by atoms with van der Waals surface area (Å²) in [7, 11) is 1.70. The summed E-state index contributed by atoms with van der Waals surface area (Å²) in [6.07, 6.45) is 2.40. The monoisotopic (exact) mass is 214 g/mol. The Kier molecular flexibility index (Phi) is 3.21. The van der Waals surface area contributed by atoms with Crippen LogP contribution in [0.15, 0.2) is 0 Å². The smallest absolute Gasteiger partial charge is 0.329 e. The molecule has 0 bridgehead atoms. The molecule has 0 saturated heterocycles. The lowest BCUT2D eigenvalue weighted by Gasteiger charge is -2.28. The number of aliphatic carboxylic acids is 1. The Bertz CT molecular complexity index is 276. The van der Waals surface area contributed by atoms with Gasteiger partial charge in [-0.25, -0.2) is 9.59 Å². The third-order valence-corrected chi connectivity index (χ3v) is 2.98. The zero-order valence-corrected chi connectivity index (χ0v) is 9.41. The first-order valence-electron chi connectivity index (χ1n) is 5.19. The van der Waals surface area contributed by atoms with Crippen LogP contribution in [0.5, 0.6) is 0 Å². The minimum Gasteiger partial charge on any atom is -0.480 e. The van der Waals surface area contributed by atoms with E-state index < -0.39 is 11.5 Å². The van der Waals surface area contributed by atoms with Gasteiger partial charge in [-0.15, -0.1) is 0 Å². The van der Waals surface area contributed by atoms with Gasteiger partial charge in [-0.2, -0.15) is 0 Å². The molecule has 0 aromatic carbocycles. The summed E-state index contributed by atoms with van der Waals surface area (Å²) in [5.74, 6) is -0.998. The number of hydrogen-bond donors (Lipinski definition) is 2. The molecule has 2 N–H and O–H groups in total. The summed E-state index contributed by atoms with van der Waals surface area (Å²) < 4.78 is 0. The minimum absolute atomic E-state index is 0.292. The summed E-state index contributed by atoms with van der Waals surface area (Å²) in [6, 6.07) is -0.0100. The van der Waals surface area contributed by atoms with Gasteiger partial charge < -0.3 is 15.3 Å². The summed E-state index contributed by atoms with van der Waals surface area (Å²) in [5, 5.41) is 11.5. The second kappa shape index (κ2) is 4.08. The van der Waals surface area contributed by atoms with Crippen molar-refractivity contribution in [1.82, 2.24) is 10.2 Å². The molecule has 0 heterocycles. The van der Waals surface area contributed by atoms with Crippen molar-refractivity contribution in [2.45, 2.75) is 44.7 Å². The quantitative estimate of drug-likeness (QED) is 0.734. The molecule has 1 aliphatic carbocycles. The summed E-state index contributed by atoms with van der Waals surface area (Å²) >= 11 is 0. The van der Waals surface area contributed by atoms with Crippen molar-refractivity contribution in [2.24, 2.45) is 0 Å². The number of carbonyl (C=O) groups is 2. The molecule has 1 unspecified atom stereocenters. The maximum Gasteiger partial charge on any atom is 0.329 e. The molecule has 2 amide bonds. The molecule has 1 fully saturated rings. The van der Waals surface area contributed by atoms with Gasteiger partial charge in [0.1, 0.15) is 5.54 Å². The van der Waals surface area contributed by atoms with Crippen LogP contribution in [0.25, 0.3) is 0 Å². The predicted molar refractivity (Wildman–Crippen MR) is 55.6 cm³/mol. The highest BCUT2D eigenvalue weighted by atomic mass is 16.4. The highest BCUT2D eigenvalue weighted by Crippen LogP contribution is 2.25. The van der Waals surface area contributed by atoms with E-state index >= 15 is 0 Å². The average molecular weight is 214 g/mol. The van der Waals surface area contributed by atoms with Crippen LogP contribution in [0.3, 0.4) is 0 Å². The van der Waals surface area contributed by atoms with Crippen LogP contribution in [0, 0.1) is 0 Å². The van der Waals surface area contributed by atoms with Crippen LogP contribution < -0.4 is 5.32 Å². The van der Waals surface area contributed by atoms with E-state index in [2.05, 4.69) is 5.32 Å². The number of nitrogens with one attached hydrogen (secondary N) is 1. The van der Waals surface area contributed by atoms with E-state index in [1.165, 1.54) is 6.92 Å². The van der Waals surface area contributed by atoms with Crippen LogP contribution in [-0.4, -0.2) is 40.6 Å². The fourth-order valence-electron chi connectivity index (χ4n) is 1.24. The fourth-order valence-corrected chi connectivity index (χ4v) is 1.24. The Morgan fingerprint density at radius 3 is 2.40 bits per heavy atom. The molecule has 15 heavy (non-hydrogen) atoms. The van der Waals surface area contributed by atoms with Crippen molar-refractivity contribution in [2.75, 3.05) is 7.05 Å². The van der Waals surface area contributed by atoms with Crippen molar-refractivity contribution in [1.29, 1.82) is 0 Å². The van der Waals surface area contributed by atoms with Crippen LogP contribution in [0.2, 0.25) is 0 Å². The molecule has 0 radical (unpaired) electrons. The molecule has 0 aromatic rings. The lowest BCUT2D eigenvalue weighted by Crippen LogP contribution is -2.55. The number of hydrogen-bond acceptors (Lipinski definition) is 2. The number of amides is 2. The molecule has 1 rings (SSSR count). The molecular formula is C10H18N2O3. The molecule has 5 nitrogen and oxygen atoms in total. The van der Waals surface area contributed by atoms with E-state index in [4.69, 9.17) is 5.11 Å². The van der Waals surface area contributed by atoms with E-state index in [1.54, 1.807) is 18.9 Å². The zero-order valence-electron chi connectivity index (χ0n) is 9.41. The van der Waals surface area contributed by atoms with E-state index in [-0.39, 0.29) is 6.03 Å².